The summed E-state index contributed by atoms with van der Waals surface area (Å²) in [4.78, 5) is 6.61. The van der Waals surface area contributed by atoms with Crippen LogP contribution in [-0.4, -0.2) is 32.8 Å². The van der Waals surface area contributed by atoms with Crippen LogP contribution >= 0.6 is 0 Å². The van der Waals surface area contributed by atoms with Crippen molar-refractivity contribution >= 4 is 0 Å². The summed E-state index contributed by atoms with van der Waals surface area (Å²) in [5.74, 6) is 0. The van der Waals surface area contributed by atoms with E-state index in [1.807, 2.05) is 30.7 Å². The third-order valence-electron chi connectivity index (χ3n) is 3.28. The van der Waals surface area contributed by atoms with Crippen LogP contribution in [0.3, 0.4) is 0 Å². The summed E-state index contributed by atoms with van der Waals surface area (Å²) >= 11 is 0. The van der Waals surface area contributed by atoms with Crippen molar-refractivity contribution in [2.24, 2.45) is 0 Å². The predicted octanol–water partition coefficient (Wildman–Crippen LogP) is 1.73. The number of hydrogen-bond acceptors (Lipinski definition) is 3. The number of likely N-dealkylation sites (tertiary alicyclic amines) is 1. The van der Waals surface area contributed by atoms with E-state index < -0.39 is 0 Å². The van der Waals surface area contributed by atoms with Gasteiger partial charge in [0.2, 0.25) is 0 Å². The zero-order valence-electron chi connectivity index (χ0n) is 9.74. The Morgan fingerprint density at radius 1 is 1.29 bits per heavy atom. The summed E-state index contributed by atoms with van der Waals surface area (Å²) in [7, 11) is 0. The van der Waals surface area contributed by atoms with Gasteiger partial charge in [-0.2, -0.15) is 5.10 Å². The summed E-state index contributed by atoms with van der Waals surface area (Å²) in [5.41, 5.74) is 1.29. The van der Waals surface area contributed by atoms with E-state index in [1.54, 1.807) is 0 Å². The fourth-order valence-electron chi connectivity index (χ4n) is 2.42. The lowest BCUT2D eigenvalue weighted by atomic mass is 10.2. The van der Waals surface area contributed by atoms with E-state index in [0.717, 1.165) is 19.6 Å². The molecular formula is C13H16N4. The maximum Gasteiger partial charge on any atom is 0.0658 e. The second-order valence-corrected chi connectivity index (χ2v) is 4.52. The van der Waals surface area contributed by atoms with E-state index in [9.17, 15) is 0 Å². The second-order valence-electron chi connectivity index (χ2n) is 4.52. The standard InChI is InChI=1S/C13H16N4/c1-3-12(9-14-5-1)10-16-8-4-13(11-16)17-7-2-6-15-17/h1-3,5-7,9,13H,4,8,10-11H2. The number of hydrogen-bond donors (Lipinski definition) is 0. The first kappa shape index (κ1) is 10.5. The summed E-state index contributed by atoms with van der Waals surface area (Å²) in [6, 6.07) is 6.65. The topological polar surface area (TPSA) is 34.0 Å². The molecule has 88 valence electrons. The highest BCUT2D eigenvalue weighted by molar-refractivity contribution is 5.08. The van der Waals surface area contributed by atoms with Crippen LogP contribution in [0.25, 0.3) is 0 Å². The first-order chi connectivity index (χ1) is 8.42. The van der Waals surface area contributed by atoms with Gasteiger partial charge in [0.15, 0.2) is 0 Å². The van der Waals surface area contributed by atoms with Crippen LogP contribution in [-0.2, 0) is 6.54 Å². The molecule has 3 rings (SSSR count). The molecule has 1 saturated heterocycles. The monoisotopic (exact) mass is 228 g/mol. The van der Waals surface area contributed by atoms with E-state index in [0.29, 0.717) is 6.04 Å². The van der Waals surface area contributed by atoms with Gasteiger partial charge < -0.3 is 0 Å². The van der Waals surface area contributed by atoms with E-state index >= 15 is 0 Å². The molecule has 0 radical (unpaired) electrons. The van der Waals surface area contributed by atoms with Gasteiger partial charge in [0.05, 0.1) is 6.04 Å². The van der Waals surface area contributed by atoms with Gasteiger partial charge in [0.25, 0.3) is 0 Å². The Hall–Kier alpha value is -1.68. The molecule has 0 aliphatic carbocycles. The third-order valence-corrected chi connectivity index (χ3v) is 3.28. The third kappa shape index (κ3) is 2.36. The normalized spacial score (nSPS) is 20.8. The fraction of sp³-hybridized carbons (Fsp3) is 0.385. The molecular weight excluding hydrogens is 212 g/mol. The summed E-state index contributed by atoms with van der Waals surface area (Å²) in [5, 5.41) is 4.32. The molecule has 0 amide bonds. The summed E-state index contributed by atoms with van der Waals surface area (Å²) < 4.78 is 2.07. The van der Waals surface area contributed by atoms with Crippen molar-refractivity contribution in [1.29, 1.82) is 0 Å². The van der Waals surface area contributed by atoms with Crippen molar-refractivity contribution in [2.75, 3.05) is 13.1 Å². The van der Waals surface area contributed by atoms with Gasteiger partial charge >= 0.3 is 0 Å². The van der Waals surface area contributed by atoms with Crippen molar-refractivity contribution < 1.29 is 0 Å². The molecule has 1 aliphatic rings. The lowest BCUT2D eigenvalue weighted by Crippen LogP contribution is -2.21. The Labute approximate surface area is 101 Å². The lowest BCUT2D eigenvalue weighted by molar-refractivity contribution is 0.311. The minimum Gasteiger partial charge on any atom is -0.297 e. The van der Waals surface area contributed by atoms with E-state index in [-0.39, 0.29) is 0 Å². The summed E-state index contributed by atoms with van der Waals surface area (Å²) in [6.45, 7) is 3.21. The average Bonchev–Trinajstić information content (AvgIpc) is 3.00. The Kier molecular flexibility index (Phi) is 2.88. The average molecular weight is 228 g/mol. The molecule has 3 heterocycles. The number of pyridine rings is 1. The van der Waals surface area contributed by atoms with Crippen molar-refractivity contribution in [3.05, 3.63) is 48.5 Å². The predicted molar refractivity (Wildman–Crippen MR) is 65.4 cm³/mol. The molecule has 1 unspecified atom stereocenters. The molecule has 2 aromatic rings. The first-order valence-electron chi connectivity index (χ1n) is 6.02. The van der Waals surface area contributed by atoms with Gasteiger partial charge in [-0.1, -0.05) is 6.07 Å². The molecule has 1 fully saturated rings. The minimum absolute atomic E-state index is 0.529. The molecule has 1 aliphatic heterocycles. The first-order valence-corrected chi connectivity index (χ1v) is 6.02. The van der Waals surface area contributed by atoms with Gasteiger partial charge in [-0.3, -0.25) is 14.6 Å². The fourth-order valence-corrected chi connectivity index (χ4v) is 2.42. The van der Waals surface area contributed by atoms with Crippen molar-refractivity contribution in [3.63, 3.8) is 0 Å². The Morgan fingerprint density at radius 2 is 2.29 bits per heavy atom. The molecule has 4 nitrogen and oxygen atoms in total. The van der Waals surface area contributed by atoms with Crippen LogP contribution in [0.1, 0.15) is 18.0 Å². The molecule has 0 N–H and O–H groups in total. The van der Waals surface area contributed by atoms with Gasteiger partial charge in [0, 0.05) is 44.4 Å². The number of nitrogens with zero attached hydrogens (tertiary/aromatic N) is 4. The zero-order valence-corrected chi connectivity index (χ0v) is 9.74. The van der Waals surface area contributed by atoms with E-state index in [2.05, 4.69) is 31.9 Å². The molecule has 0 spiro atoms. The van der Waals surface area contributed by atoms with Gasteiger partial charge in [0.1, 0.15) is 0 Å². The van der Waals surface area contributed by atoms with E-state index in [4.69, 9.17) is 0 Å². The molecule has 0 aromatic carbocycles. The van der Waals surface area contributed by atoms with E-state index in [1.165, 1.54) is 12.0 Å². The zero-order chi connectivity index (χ0) is 11.5. The van der Waals surface area contributed by atoms with Gasteiger partial charge in [-0.15, -0.1) is 0 Å². The van der Waals surface area contributed by atoms with Crippen LogP contribution in [0.4, 0.5) is 0 Å². The quantitative estimate of drug-likeness (QED) is 0.802. The largest absolute Gasteiger partial charge is 0.297 e. The SMILES string of the molecule is c1cncc(CN2CCC(n3cccn3)C2)c1. The molecule has 0 saturated carbocycles. The smallest absolute Gasteiger partial charge is 0.0658 e. The van der Waals surface area contributed by atoms with Crippen LogP contribution in [0.2, 0.25) is 0 Å². The lowest BCUT2D eigenvalue weighted by Gasteiger charge is -2.15. The van der Waals surface area contributed by atoms with Gasteiger partial charge in [-0.05, 0) is 24.1 Å². The van der Waals surface area contributed by atoms with Crippen LogP contribution in [0.15, 0.2) is 43.0 Å². The highest BCUT2D eigenvalue weighted by atomic mass is 15.3. The van der Waals surface area contributed by atoms with Crippen LogP contribution in [0.5, 0.6) is 0 Å². The molecule has 0 bridgehead atoms. The highest BCUT2D eigenvalue weighted by Crippen LogP contribution is 2.21. The summed E-state index contributed by atoms with van der Waals surface area (Å²) in [6.07, 6.45) is 8.85. The van der Waals surface area contributed by atoms with Crippen molar-refractivity contribution in [2.45, 2.75) is 19.0 Å². The molecule has 1 atom stereocenters. The second kappa shape index (κ2) is 4.67. The Bertz CT molecular complexity index is 452. The molecule has 4 heteroatoms. The van der Waals surface area contributed by atoms with Crippen LogP contribution < -0.4 is 0 Å². The Morgan fingerprint density at radius 3 is 3.06 bits per heavy atom. The molecule has 2 aromatic heterocycles. The Balaban J connectivity index is 1.61. The maximum atomic E-state index is 4.32. The van der Waals surface area contributed by atoms with Gasteiger partial charge in [-0.25, -0.2) is 0 Å². The van der Waals surface area contributed by atoms with Crippen molar-refractivity contribution in [1.82, 2.24) is 19.7 Å². The maximum absolute atomic E-state index is 4.32. The number of aromatic nitrogens is 3. The number of rotatable bonds is 3. The molecule has 17 heavy (non-hydrogen) atoms. The minimum atomic E-state index is 0.529. The highest BCUT2D eigenvalue weighted by Gasteiger charge is 2.23. The van der Waals surface area contributed by atoms with Crippen LogP contribution in [0, 0.1) is 0 Å². The van der Waals surface area contributed by atoms with Crippen molar-refractivity contribution in [3.8, 4) is 0 Å².